The Morgan fingerprint density at radius 3 is 2.48 bits per heavy atom. The van der Waals surface area contributed by atoms with Gasteiger partial charge in [0.2, 0.25) is 0 Å². The normalized spacial score (nSPS) is 10.4. The van der Waals surface area contributed by atoms with Gasteiger partial charge in [-0.15, -0.1) is 0 Å². The lowest BCUT2D eigenvalue weighted by Gasteiger charge is -2.13. The van der Waals surface area contributed by atoms with Gasteiger partial charge in [0, 0.05) is 16.8 Å². The molecule has 128 valence electrons. The fourth-order valence-corrected chi connectivity index (χ4v) is 2.82. The number of benzene rings is 3. The summed E-state index contributed by atoms with van der Waals surface area (Å²) in [7, 11) is 0. The van der Waals surface area contributed by atoms with Gasteiger partial charge in [-0.05, 0) is 54.4 Å². The Hall–Kier alpha value is -2.59. The van der Waals surface area contributed by atoms with E-state index < -0.39 is 0 Å². The van der Waals surface area contributed by atoms with E-state index in [1.165, 1.54) is 5.39 Å². The molecule has 0 atom stereocenters. The molecular weight excluding hydrogens is 328 g/mol. The number of nitrogens with one attached hydrogen (secondary N) is 2. The second-order valence-corrected chi connectivity index (χ2v) is 6.24. The predicted octanol–water partition coefficient (Wildman–Crippen LogP) is 5.83. The van der Waals surface area contributed by atoms with Gasteiger partial charge in [0.25, 0.3) is 0 Å². The Labute approximate surface area is 154 Å². The van der Waals surface area contributed by atoms with Crippen LogP contribution in [-0.2, 0) is 0 Å². The van der Waals surface area contributed by atoms with E-state index in [2.05, 4.69) is 35.8 Å². The van der Waals surface area contributed by atoms with Crippen molar-refractivity contribution in [1.82, 2.24) is 0 Å². The van der Waals surface area contributed by atoms with E-state index in [0.29, 0.717) is 5.11 Å². The molecule has 0 spiro atoms. The van der Waals surface area contributed by atoms with Crippen molar-refractivity contribution < 1.29 is 4.74 Å². The molecule has 3 aromatic rings. The van der Waals surface area contributed by atoms with Gasteiger partial charge in [-0.2, -0.15) is 0 Å². The number of ether oxygens (including phenoxy) is 1. The Morgan fingerprint density at radius 2 is 1.68 bits per heavy atom. The molecule has 2 N–H and O–H groups in total. The summed E-state index contributed by atoms with van der Waals surface area (Å²) in [5.41, 5.74) is 1.93. The van der Waals surface area contributed by atoms with Crippen LogP contribution in [0.4, 0.5) is 11.4 Å². The SMILES string of the molecule is CCCCOc1ccc(NC(=S)Nc2cccc3ccccc23)cc1. The van der Waals surface area contributed by atoms with Crippen molar-refractivity contribution in [2.45, 2.75) is 19.8 Å². The lowest BCUT2D eigenvalue weighted by molar-refractivity contribution is 0.309. The maximum absolute atomic E-state index is 5.67. The summed E-state index contributed by atoms with van der Waals surface area (Å²) >= 11 is 5.45. The summed E-state index contributed by atoms with van der Waals surface area (Å²) in [6, 6.07) is 22.2. The van der Waals surface area contributed by atoms with Crippen molar-refractivity contribution in [1.29, 1.82) is 0 Å². The molecule has 0 heterocycles. The molecular formula is C21H22N2OS. The van der Waals surface area contributed by atoms with Gasteiger partial charge in [0.1, 0.15) is 5.75 Å². The van der Waals surface area contributed by atoms with Crippen molar-refractivity contribution in [2.24, 2.45) is 0 Å². The van der Waals surface area contributed by atoms with E-state index in [9.17, 15) is 0 Å². The van der Waals surface area contributed by atoms with Gasteiger partial charge in [0.05, 0.1) is 6.61 Å². The zero-order chi connectivity index (χ0) is 17.5. The molecule has 0 aliphatic heterocycles. The van der Waals surface area contributed by atoms with Crippen LogP contribution in [0.25, 0.3) is 10.8 Å². The van der Waals surface area contributed by atoms with E-state index in [4.69, 9.17) is 17.0 Å². The molecule has 0 radical (unpaired) electrons. The second kappa shape index (κ2) is 8.49. The van der Waals surface area contributed by atoms with Crippen LogP contribution < -0.4 is 15.4 Å². The highest BCUT2D eigenvalue weighted by Gasteiger charge is 2.03. The fraction of sp³-hybridized carbons (Fsp3) is 0.190. The molecule has 0 aliphatic carbocycles. The molecule has 0 aliphatic rings. The van der Waals surface area contributed by atoms with Crippen LogP contribution in [0.15, 0.2) is 66.7 Å². The van der Waals surface area contributed by atoms with Gasteiger partial charge in [-0.1, -0.05) is 49.7 Å². The van der Waals surface area contributed by atoms with Crippen molar-refractivity contribution in [3.05, 3.63) is 66.7 Å². The second-order valence-electron chi connectivity index (χ2n) is 5.83. The summed E-state index contributed by atoms with van der Waals surface area (Å²) < 4.78 is 5.67. The maximum atomic E-state index is 5.67. The highest BCUT2D eigenvalue weighted by molar-refractivity contribution is 7.80. The molecule has 0 fully saturated rings. The topological polar surface area (TPSA) is 33.3 Å². The smallest absolute Gasteiger partial charge is 0.175 e. The quantitative estimate of drug-likeness (QED) is 0.433. The van der Waals surface area contributed by atoms with Crippen LogP contribution in [-0.4, -0.2) is 11.7 Å². The van der Waals surface area contributed by atoms with Crippen LogP contribution in [0.5, 0.6) is 5.75 Å². The van der Waals surface area contributed by atoms with Crippen LogP contribution in [0.3, 0.4) is 0 Å². The summed E-state index contributed by atoms with van der Waals surface area (Å²) in [5.74, 6) is 0.881. The predicted molar refractivity (Wildman–Crippen MR) is 111 cm³/mol. The highest BCUT2D eigenvalue weighted by atomic mass is 32.1. The molecule has 4 heteroatoms. The van der Waals surface area contributed by atoms with Crippen LogP contribution >= 0.6 is 12.2 Å². The zero-order valence-electron chi connectivity index (χ0n) is 14.3. The summed E-state index contributed by atoms with van der Waals surface area (Å²) in [6.07, 6.45) is 2.20. The highest BCUT2D eigenvalue weighted by Crippen LogP contribution is 2.23. The number of rotatable bonds is 6. The molecule has 3 aromatic carbocycles. The Bertz CT molecular complexity index is 841. The first-order valence-electron chi connectivity index (χ1n) is 8.55. The number of hydrogen-bond acceptors (Lipinski definition) is 2. The zero-order valence-corrected chi connectivity index (χ0v) is 15.1. The number of hydrogen-bond donors (Lipinski definition) is 2. The molecule has 0 aromatic heterocycles. The van der Waals surface area contributed by atoms with Crippen LogP contribution in [0.1, 0.15) is 19.8 Å². The van der Waals surface area contributed by atoms with E-state index in [0.717, 1.165) is 42.0 Å². The van der Waals surface area contributed by atoms with E-state index >= 15 is 0 Å². The molecule has 3 nitrogen and oxygen atoms in total. The molecule has 25 heavy (non-hydrogen) atoms. The van der Waals surface area contributed by atoms with E-state index in [1.54, 1.807) is 0 Å². The molecule has 0 saturated carbocycles. The number of unbranched alkanes of at least 4 members (excludes halogenated alkanes) is 1. The third-order valence-corrected chi connectivity index (χ3v) is 4.12. The van der Waals surface area contributed by atoms with Gasteiger partial charge in [0.15, 0.2) is 5.11 Å². The molecule has 3 rings (SSSR count). The van der Waals surface area contributed by atoms with Gasteiger partial charge in [-0.3, -0.25) is 0 Å². The molecule has 0 amide bonds. The Morgan fingerprint density at radius 1 is 0.920 bits per heavy atom. The van der Waals surface area contributed by atoms with Crippen molar-refractivity contribution in [3.63, 3.8) is 0 Å². The third-order valence-electron chi connectivity index (χ3n) is 3.92. The lowest BCUT2D eigenvalue weighted by atomic mass is 10.1. The van der Waals surface area contributed by atoms with Crippen molar-refractivity contribution >= 4 is 39.5 Å². The Kier molecular flexibility index (Phi) is 5.86. The van der Waals surface area contributed by atoms with Crippen LogP contribution in [0, 0.1) is 0 Å². The number of thiocarbonyl (C=S) groups is 1. The van der Waals surface area contributed by atoms with Gasteiger partial charge in [-0.25, -0.2) is 0 Å². The van der Waals surface area contributed by atoms with Gasteiger partial charge < -0.3 is 15.4 Å². The lowest BCUT2D eigenvalue weighted by Crippen LogP contribution is -2.19. The summed E-state index contributed by atoms with van der Waals surface area (Å²) in [6.45, 7) is 2.91. The first kappa shape index (κ1) is 17.2. The van der Waals surface area contributed by atoms with E-state index in [1.807, 2.05) is 48.5 Å². The van der Waals surface area contributed by atoms with Crippen molar-refractivity contribution in [2.75, 3.05) is 17.2 Å². The summed E-state index contributed by atoms with van der Waals surface area (Å²) in [5, 5.41) is 9.39. The molecule has 0 bridgehead atoms. The first-order valence-corrected chi connectivity index (χ1v) is 8.96. The first-order chi connectivity index (χ1) is 12.3. The van der Waals surface area contributed by atoms with Crippen LogP contribution in [0.2, 0.25) is 0 Å². The monoisotopic (exact) mass is 350 g/mol. The number of anilines is 2. The van der Waals surface area contributed by atoms with Crippen molar-refractivity contribution in [3.8, 4) is 5.75 Å². The number of fused-ring (bicyclic) bond motifs is 1. The largest absolute Gasteiger partial charge is 0.494 e. The third kappa shape index (κ3) is 4.70. The standard InChI is InChI=1S/C21H22N2OS/c1-2-3-15-24-18-13-11-17(12-14-18)22-21(25)23-20-10-6-8-16-7-4-5-9-19(16)20/h4-14H,2-3,15H2,1H3,(H2,22,23,25). The molecule has 0 unspecified atom stereocenters. The molecule has 0 saturated heterocycles. The average molecular weight is 350 g/mol. The minimum absolute atomic E-state index is 0.566. The maximum Gasteiger partial charge on any atom is 0.175 e. The van der Waals surface area contributed by atoms with E-state index in [-0.39, 0.29) is 0 Å². The fourth-order valence-electron chi connectivity index (χ4n) is 2.59. The Balaban J connectivity index is 1.62. The summed E-state index contributed by atoms with van der Waals surface area (Å²) in [4.78, 5) is 0. The van der Waals surface area contributed by atoms with Gasteiger partial charge >= 0.3 is 0 Å². The average Bonchev–Trinajstić information content (AvgIpc) is 2.64. The minimum atomic E-state index is 0.566. The minimum Gasteiger partial charge on any atom is -0.494 e.